The molecule has 0 atom stereocenters. The molecule has 0 aliphatic carbocycles. The van der Waals surface area contributed by atoms with Gasteiger partial charge < -0.3 is 5.11 Å². The molecule has 0 fully saturated rings. The zero-order valence-electron chi connectivity index (χ0n) is 13.9. The zero-order valence-corrected chi connectivity index (χ0v) is 13.9. The molecule has 1 aromatic rings. The minimum Gasteiger partial charge on any atom is -0.507 e. The van der Waals surface area contributed by atoms with Crippen molar-refractivity contribution in [1.29, 1.82) is 0 Å². The lowest BCUT2D eigenvalue weighted by atomic mass is 9.75. The molecule has 0 unspecified atom stereocenters. The quantitative estimate of drug-likeness (QED) is 0.785. The van der Waals surface area contributed by atoms with Gasteiger partial charge in [0, 0.05) is 5.56 Å². The van der Waals surface area contributed by atoms with Crippen LogP contribution in [0.1, 0.15) is 77.6 Å². The van der Waals surface area contributed by atoms with Gasteiger partial charge in [0.05, 0.1) is 0 Å². The highest BCUT2D eigenvalue weighted by atomic mass is 16.3. The molecule has 0 amide bonds. The average molecular weight is 262 g/mol. The minimum absolute atomic E-state index is 0.0272. The van der Waals surface area contributed by atoms with Crippen molar-refractivity contribution in [2.75, 3.05) is 0 Å². The molecule has 0 bridgehead atoms. The molecular weight excluding hydrogens is 232 g/mol. The first-order valence-electron chi connectivity index (χ1n) is 7.42. The topological polar surface area (TPSA) is 20.2 Å². The summed E-state index contributed by atoms with van der Waals surface area (Å²) in [4.78, 5) is 0. The van der Waals surface area contributed by atoms with E-state index in [0.717, 1.165) is 24.0 Å². The molecule has 0 saturated heterocycles. The van der Waals surface area contributed by atoms with Crippen molar-refractivity contribution >= 4 is 0 Å². The van der Waals surface area contributed by atoms with E-state index in [4.69, 9.17) is 0 Å². The summed E-state index contributed by atoms with van der Waals surface area (Å²) in [6, 6.07) is 2.21. The normalized spacial score (nSPS) is 12.8. The zero-order chi connectivity index (χ0) is 15.0. The third kappa shape index (κ3) is 3.13. The van der Waals surface area contributed by atoms with E-state index in [-0.39, 0.29) is 10.8 Å². The molecule has 0 heterocycles. The van der Waals surface area contributed by atoms with Crippen LogP contribution in [0, 0.1) is 0 Å². The Labute approximate surface area is 119 Å². The highest BCUT2D eigenvalue weighted by Gasteiger charge is 2.29. The number of benzene rings is 1. The number of hydrogen-bond acceptors (Lipinski definition) is 1. The van der Waals surface area contributed by atoms with Gasteiger partial charge in [-0.2, -0.15) is 0 Å². The molecule has 1 aromatic carbocycles. The summed E-state index contributed by atoms with van der Waals surface area (Å²) in [6.07, 6.45) is 2.00. The summed E-state index contributed by atoms with van der Waals surface area (Å²) in [7, 11) is 0. The molecule has 0 aromatic heterocycles. The summed E-state index contributed by atoms with van der Waals surface area (Å²) < 4.78 is 0. The van der Waals surface area contributed by atoms with E-state index in [2.05, 4.69) is 61.5 Å². The van der Waals surface area contributed by atoms with Crippen molar-refractivity contribution in [3.05, 3.63) is 28.3 Å². The molecule has 0 spiro atoms. The van der Waals surface area contributed by atoms with Crippen LogP contribution in [0.2, 0.25) is 0 Å². The van der Waals surface area contributed by atoms with E-state index in [0.29, 0.717) is 5.75 Å². The van der Waals surface area contributed by atoms with E-state index in [9.17, 15) is 5.11 Å². The molecule has 0 aliphatic rings. The smallest absolute Gasteiger partial charge is 0.123 e. The van der Waals surface area contributed by atoms with Crippen LogP contribution in [-0.2, 0) is 23.7 Å². The SMILES string of the molecule is CCc1cc(C(C)(C)C)c(O)c(C(C)(C)C)c1CC. The first-order valence-corrected chi connectivity index (χ1v) is 7.42. The summed E-state index contributed by atoms with van der Waals surface area (Å²) in [6.45, 7) is 17.4. The maximum atomic E-state index is 10.8. The molecule has 1 heteroatoms. The van der Waals surface area contributed by atoms with Crippen LogP contribution < -0.4 is 0 Å². The molecule has 1 nitrogen and oxygen atoms in total. The molecule has 108 valence electrons. The van der Waals surface area contributed by atoms with E-state index < -0.39 is 0 Å². The minimum atomic E-state index is -0.0275. The van der Waals surface area contributed by atoms with Crippen LogP contribution in [0.15, 0.2) is 6.07 Å². The Morgan fingerprint density at radius 1 is 0.895 bits per heavy atom. The van der Waals surface area contributed by atoms with E-state index >= 15 is 0 Å². The summed E-state index contributed by atoms with van der Waals surface area (Å²) in [5.74, 6) is 0.508. The first kappa shape index (κ1) is 16.1. The molecule has 1 N–H and O–H groups in total. The van der Waals surface area contributed by atoms with Crippen molar-refractivity contribution in [3.8, 4) is 5.75 Å². The molecular formula is C18H30O. The van der Waals surface area contributed by atoms with Crippen molar-refractivity contribution in [1.82, 2.24) is 0 Å². The lowest BCUT2D eigenvalue weighted by molar-refractivity contribution is 0.420. The summed E-state index contributed by atoms with van der Waals surface area (Å²) >= 11 is 0. The van der Waals surface area contributed by atoms with E-state index in [1.54, 1.807) is 0 Å². The van der Waals surface area contributed by atoms with E-state index in [1.165, 1.54) is 11.1 Å². The fourth-order valence-electron chi connectivity index (χ4n) is 2.87. The van der Waals surface area contributed by atoms with Crippen LogP contribution in [0.3, 0.4) is 0 Å². The van der Waals surface area contributed by atoms with Crippen molar-refractivity contribution in [3.63, 3.8) is 0 Å². The van der Waals surface area contributed by atoms with Crippen molar-refractivity contribution in [2.24, 2.45) is 0 Å². The van der Waals surface area contributed by atoms with Crippen LogP contribution in [0.4, 0.5) is 0 Å². The molecule has 0 saturated carbocycles. The van der Waals surface area contributed by atoms with Crippen molar-refractivity contribution in [2.45, 2.75) is 79.1 Å². The van der Waals surface area contributed by atoms with Crippen LogP contribution in [0.5, 0.6) is 5.75 Å². The standard InChI is InChI=1S/C18H30O/c1-9-12-11-14(17(3,4)5)16(19)15(13(12)10-2)18(6,7)8/h11,19H,9-10H2,1-8H3. The van der Waals surface area contributed by atoms with Gasteiger partial charge >= 0.3 is 0 Å². The fourth-order valence-corrected chi connectivity index (χ4v) is 2.87. The highest BCUT2D eigenvalue weighted by Crippen LogP contribution is 2.42. The lowest BCUT2D eigenvalue weighted by Crippen LogP contribution is -2.20. The Morgan fingerprint density at radius 3 is 1.74 bits per heavy atom. The number of aryl methyl sites for hydroxylation is 1. The van der Waals surface area contributed by atoms with Crippen LogP contribution >= 0.6 is 0 Å². The molecule has 0 aliphatic heterocycles. The van der Waals surface area contributed by atoms with Crippen LogP contribution in [-0.4, -0.2) is 5.11 Å². The van der Waals surface area contributed by atoms with Gasteiger partial charge in [0.25, 0.3) is 0 Å². The fraction of sp³-hybridized carbons (Fsp3) is 0.667. The van der Waals surface area contributed by atoms with Crippen LogP contribution in [0.25, 0.3) is 0 Å². The number of hydrogen-bond donors (Lipinski definition) is 1. The maximum Gasteiger partial charge on any atom is 0.123 e. The number of aromatic hydroxyl groups is 1. The molecule has 1 rings (SSSR count). The van der Waals surface area contributed by atoms with Gasteiger partial charge in [-0.1, -0.05) is 61.5 Å². The number of phenols is 1. The molecule has 0 radical (unpaired) electrons. The number of phenolic OH excluding ortho intramolecular Hbond substituents is 1. The Kier molecular flexibility index (Phi) is 4.39. The van der Waals surface area contributed by atoms with Gasteiger partial charge in [-0.15, -0.1) is 0 Å². The highest BCUT2D eigenvalue weighted by molar-refractivity contribution is 5.55. The Hall–Kier alpha value is -0.980. The predicted octanol–water partition coefficient (Wildman–Crippen LogP) is 5.11. The van der Waals surface area contributed by atoms with Gasteiger partial charge in [-0.25, -0.2) is 0 Å². The second-order valence-electron chi connectivity index (χ2n) is 7.49. The lowest BCUT2D eigenvalue weighted by Gasteiger charge is -2.31. The second kappa shape index (κ2) is 5.19. The largest absolute Gasteiger partial charge is 0.507 e. The predicted molar refractivity (Wildman–Crippen MR) is 84.3 cm³/mol. The van der Waals surface area contributed by atoms with Crippen molar-refractivity contribution < 1.29 is 5.11 Å². The van der Waals surface area contributed by atoms with Gasteiger partial charge in [-0.3, -0.25) is 0 Å². The monoisotopic (exact) mass is 262 g/mol. The summed E-state index contributed by atoms with van der Waals surface area (Å²) in [5.41, 5.74) is 4.88. The van der Waals surface area contributed by atoms with Gasteiger partial charge in [0.15, 0.2) is 0 Å². The average Bonchev–Trinajstić information content (AvgIpc) is 2.24. The second-order valence-corrected chi connectivity index (χ2v) is 7.49. The van der Waals surface area contributed by atoms with Gasteiger partial charge in [0.1, 0.15) is 5.75 Å². The Balaban J connectivity index is 3.76. The summed E-state index contributed by atoms with van der Waals surface area (Å²) in [5, 5.41) is 10.8. The van der Waals surface area contributed by atoms with Gasteiger partial charge in [0.2, 0.25) is 0 Å². The van der Waals surface area contributed by atoms with Gasteiger partial charge in [-0.05, 0) is 40.4 Å². The maximum absolute atomic E-state index is 10.8. The third-order valence-corrected chi connectivity index (χ3v) is 3.79. The first-order chi connectivity index (χ1) is 8.54. The Morgan fingerprint density at radius 2 is 1.42 bits per heavy atom. The number of rotatable bonds is 2. The van der Waals surface area contributed by atoms with E-state index in [1.807, 2.05) is 0 Å². The molecule has 19 heavy (non-hydrogen) atoms. The third-order valence-electron chi connectivity index (χ3n) is 3.79. The Bertz CT molecular complexity index is 456.